The molecule has 1 aliphatic carbocycles. The first-order valence-corrected chi connectivity index (χ1v) is 9.82. The molecule has 2 aromatic rings. The lowest BCUT2D eigenvalue weighted by atomic mass is 9.92. The number of halogens is 2. The van der Waals surface area contributed by atoms with Crippen molar-refractivity contribution < 1.29 is 18.3 Å². The van der Waals surface area contributed by atoms with E-state index in [4.69, 9.17) is 9.84 Å². The van der Waals surface area contributed by atoms with E-state index in [1.54, 1.807) is 30.0 Å². The molecule has 1 aliphatic heterocycles. The van der Waals surface area contributed by atoms with E-state index in [1.165, 1.54) is 19.6 Å². The molecular formula is C20H25F2N5O2. The summed E-state index contributed by atoms with van der Waals surface area (Å²) in [5, 5.41) is 4.86. The molecule has 0 saturated heterocycles. The Morgan fingerprint density at radius 1 is 1.38 bits per heavy atom. The van der Waals surface area contributed by atoms with Crippen LogP contribution in [0.4, 0.5) is 25.1 Å². The number of amides is 1. The largest absolute Gasteiger partial charge is 0.453 e. The molecule has 3 heterocycles. The minimum Gasteiger partial charge on any atom is -0.453 e. The highest BCUT2D eigenvalue weighted by atomic mass is 19.3. The number of aryl methyl sites for hydroxylation is 1. The monoisotopic (exact) mass is 405 g/mol. The number of aromatic nitrogens is 3. The van der Waals surface area contributed by atoms with Crippen LogP contribution in [0, 0.1) is 6.92 Å². The number of rotatable bonds is 4. The number of pyridine rings is 1. The molecule has 2 aliphatic rings. The second-order valence-corrected chi connectivity index (χ2v) is 7.65. The molecule has 0 aromatic carbocycles. The van der Waals surface area contributed by atoms with E-state index in [-0.39, 0.29) is 11.7 Å². The van der Waals surface area contributed by atoms with Gasteiger partial charge in [0.1, 0.15) is 0 Å². The molecule has 0 N–H and O–H groups in total. The van der Waals surface area contributed by atoms with Gasteiger partial charge in [-0.1, -0.05) is 0 Å². The summed E-state index contributed by atoms with van der Waals surface area (Å²) in [4.78, 5) is 19.6. The van der Waals surface area contributed by atoms with Crippen LogP contribution >= 0.6 is 0 Å². The Morgan fingerprint density at radius 3 is 2.76 bits per heavy atom. The molecule has 0 radical (unpaired) electrons. The average Bonchev–Trinajstić information content (AvgIpc) is 3.04. The number of methoxy groups -OCH3 is 1. The third-order valence-electron chi connectivity index (χ3n) is 5.97. The molecule has 7 nitrogen and oxygen atoms in total. The molecule has 0 spiro atoms. The summed E-state index contributed by atoms with van der Waals surface area (Å²) in [5.74, 6) is 0.673. The molecule has 29 heavy (non-hydrogen) atoms. The van der Waals surface area contributed by atoms with Gasteiger partial charge in [-0.05, 0) is 32.3 Å². The van der Waals surface area contributed by atoms with Crippen LogP contribution in [0.3, 0.4) is 0 Å². The first-order valence-electron chi connectivity index (χ1n) is 9.82. The molecule has 1 fully saturated rings. The van der Waals surface area contributed by atoms with E-state index in [9.17, 15) is 13.6 Å². The minimum atomic E-state index is -2.59. The van der Waals surface area contributed by atoms with E-state index in [1.807, 2.05) is 0 Å². The number of carbonyl (C=O) groups is 1. The second-order valence-electron chi connectivity index (χ2n) is 7.65. The number of fused-ring (bicyclic) bond motifs is 1. The highest BCUT2D eigenvalue weighted by Crippen LogP contribution is 2.39. The summed E-state index contributed by atoms with van der Waals surface area (Å²) in [6.07, 6.45) is 2.65. The van der Waals surface area contributed by atoms with Gasteiger partial charge in [0.15, 0.2) is 5.82 Å². The normalized spacial score (nSPS) is 16.6. The summed E-state index contributed by atoms with van der Waals surface area (Å²) < 4.78 is 33.7. The van der Waals surface area contributed by atoms with Crippen molar-refractivity contribution >= 4 is 17.6 Å². The molecule has 1 amide bonds. The molecule has 0 unspecified atom stereocenters. The van der Waals surface area contributed by atoms with Gasteiger partial charge < -0.3 is 14.5 Å². The molecular weight excluding hydrogens is 380 g/mol. The highest BCUT2D eigenvalue weighted by Gasteiger charge is 2.33. The molecule has 0 atom stereocenters. The van der Waals surface area contributed by atoms with Gasteiger partial charge in [0.2, 0.25) is 0 Å². The topological polar surface area (TPSA) is 63.5 Å². The fraction of sp³-hybridized carbons (Fsp3) is 0.550. The van der Waals surface area contributed by atoms with Crippen molar-refractivity contribution in [3.8, 4) is 0 Å². The van der Waals surface area contributed by atoms with Crippen molar-refractivity contribution in [1.29, 1.82) is 0 Å². The number of anilines is 2. The maximum atomic E-state index is 13.4. The lowest BCUT2D eigenvalue weighted by Crippen LogP contribution is -2.37. The van der Waals surface area contributed by atoms with Crippen molar-refractivity contribution in [2.45, 2.75) is 51.6 Å². The Labute approximate surface area is 168 Å². The van der Waals surface area contributed by atoms with Gasteiger partial charge in [-0.25, -0.2) is 13.6 Å². The van der Waals surface area contributed by atoms with Gasteiger partial charge >= 0.3 is 6.09 Å². The number of carbonyl (C=O) groups excluding carboxylic acids is 1. The molecule has 156 valence electrons. The number of ether oxygens (including phenoxy) is 1. The van der Waals surface area contributed by atoms with E-state index in [0.29, 0.717) is 42.8 Å². The van der Waals surface area contributed by atoms with E-state index < -0.39 is 6.43 Å². The van der Waals surface area contributed by atoms with Gasteiger partial charge in [0.05, 0.1) is 31.6 Å². The predicted octanol–water partition coefficient (Wildman–Crippen LogP) is 4.14. The average molecular weight is 405 g/mol. The van der Waals surface area contributed by atoms with Crippen LogP contribution in [0.5, 0.6) is 0 Å². The standard InChI is InChI=1S/C20H25F2N5O2/c1-12-15(18(21)22)9-14(10-23-12)25(2)19-16-11-26(20(28)29-3)8-7-17(16)27(24-19)13-5-4-6-13/h9-10,13,18H,4-8,11H2,1-3H3. The first kappa shape index (κ1) is 19.6. The fourth-order valence-electron chi connectivity index (χ4n) is 3.98. The summed E-state index contributed by atoms with van der Waals surface area (Å²) in [7, 11) is 3.17. The lowest BCUT2D eigenvalue weighted by Gasteiger charge is -2.31. The Hall–Kier alpha value is -2.71. The maximum Gasteiger partial charge on any atom is 0.409 e. The minimum absolute atomic E-state index is 0.0853. The quantitative estimate of drug-likeness (QED) is 0.765. The van der Waals surface area contributed by atoms with E-state index in [2.05, 4.69) is 9.67 Å². The van der Waals surface area contributed by atoms with Gasteiger partial charge in [-0.3, -0.25) is 9.67 Å². The van der Waals surface area contributed by atoms with E-state index in [0.717, 1.165) is 24.1 Å². The first-order chi connectivity index (χ1) is 13.9. The maximum absolute atomic E-state index is 13.4. The zero-order valence-electron chi connectivity index (χ0n) is 16.9. The zero-order chi connectivity index (χ0) is 20.7. The van der Waals surface area contributed by atoms with Crippen LogP contribution in [-0.4, -0.2) is 46.5 Å². The van der Waals surface area contributed by atoms with Gasteiger partial charge in [-0.15, -0.1) is 0 Å². The molecule has 2 aromatic heterocycles. The Morgan fingerprint density at radius 2 is 2.14 bits per heavy atom. The lowest BCUT2D eigenvalue weighted by molar-refractivity contribution is 0.118. The third kappa shape index (κ3) is 3.42. The Kier molecular flexibility index (Phi) is 5.14. The summed E-state index contributed by atoms with van der Waals surface area (Å²) >= 11 is 0. The Bertz CT molecular complexity index is 926. The van der Waals surface area contributed by atoms with Crippen molar-refractivity contribution in [2.24, 2.45) is 0 Å². The van der Waals surface area contributed by atoms with Crippen molar-refractivity contribution in [1.82, 2.24) is 19.7 Å². The second kappa shape index (κ2) is 7.61. The SMILES string of the molecule is COC(=O)N1CCc2c(c(N(C)c3cnc(C)c(C(F)F)c3)nn2C2CCC2)C1. The smallest absolute Gasteiger partial charge is 0.409 e. The third-order valence-corrected chi connectivity index (χ3v) is 5.97. The molecule has 1 saturated carbocycles. The van der Waals surface area contributed by atoms with Crippen molar-refractivity contribution in [2.75, 3.05) is 25.6 Å². The number of alkyl halides is 2. The summed E-state index contributed by atoms with van der Waals surface area (Å²) in [6, 6.07) is 1.83. The van der Waals surface area contributed by atoms with Gasteiger partial charge in [0.25, 0.3) is 6.43 Å². The van der Waals surface area contributed by atoms with Gasteiger partial charge in [-0.2, -0.15) is 5.10 Å². The van der Waals surface area contributed by atoms with Crippen LogP contribution in [0.1, 0.15) is 54.2 Å². The number of nitrogens with zero attached hydrogens (tertiary/aromatic N) is 5. The molecule has 0 bridgehead atoms. The number of hydrogen-bond acceptors (Lipinski definition) is 5. The van der Waals surface area contributed by atoms with Crippen LogP contribution in [0.15, 0.2) is 12.3 Å². The van der Waals surface area contributed by atoms with Crippen LogP contribution in [0.25, 0.3) is 0 Å². The Balaban J connectivity index is 1.74. The van der Waals surface area contributed by atoms with Crippen LogP contribution in [-0.2, 0) is 17.7 Å². The van der Waals surface area contributed by atoms with Crippen molar-refractivity contribution in [3.05, 3.63) is 34.8 Å². The van der Waals surface area contributed by atoms with E-state index >= 15 is 0 Å². The van der Waals surface area contributed by atoms with Gasteiger partial charge in [0, 0.05) is 42.5 Å². The summed E-state index contributed by atoms with van der Waals surface area (Å²) in [5.41, 5.74) is 2.83. The number of hydrogen-bond donors (Lipinski definition) is 0. The molecule has 9 heteroatoms. The molecule has 4 rings (SSSR count). The van der Waals surface area contributed by atoms with Crippen LogP contribution in [0.2, 0.25) is 0 Å². The van der Waals surface area contributed by atoms with Crippen molar-refractivity contribution in [3.63, 3.8) is 0 Å². The van der Waals surface area contributed by atoms with Crippen LogP contribution < -0.4 is 4.90 Å². The zero-order valence-corrected chi connectivity index (χ0v) is 16.9. The highest BCUT2D eigenvalue weighted by molar-refractivity contribution is 5.70. The predicted molar refractivity (Wildman–Crippen MR) is 104 cm³/mol. The summed E-state index contributed by atoms with van der Waals surface area (Å²) in [6.45, 7) is 2.53. The fourth-order valence-corrected chi connectivity index (χ4v) is 3.98.